The standard InChI is InChI=1S/C15H13BrN4/c1-10(12-4-2-3-6-17-12)20-13-5-7-18-14-8-11(16)9-19-15(13)14/h2-10H,1H3,(H,18,20). The number of rotatable bonds is 3. The van der Waals surface area contributed by atoms with E-state index in [1.54, 1.807) is 18.6 Å². The van der Waals surface area contributed by atoms with Gasteiger partial charge in [-0.25, -0.2) is 0 Å². The van der Waals surface area contributed by atoms with Gasteiger partial charge >= 0.3 is 0 Å². The Labute approximate surface area is 125 Å². The third kappa shape index (κ3) is 2.63. The summed E-state index contributed by atoms with van der Waals surface area (Å²) in [7, 11) is 0. The van der Waals surface area contributed by atoms with E-state index < -0.39 is 0 Å². The molecule has 1 atom stereocenters. The summed E-state index contributed by atoms with van der Waals surface area (Å²) in [6.07, 6.45) is 5.36. The molecule has 0 aliphatic carbocycles. The smallest absolute Gasteiger partial charge is 0.112 e. The maximum Gasteiger partial charge on any atom is 0.112 e. The van der Waals surface area contributed by atoms with Crippen LogP contribution in [0.3, 0.4) is 0 Å². The highest BCUT2D eigenvalue weighted by Crippen LogP contribution is 2.25. The van der Waals surface area contributed by atoms with Crippen molar-refractivity contribution in [2.45, 2.75) is 13.0 Å². The molecule has 1 N–H and O–H groups in total. The van der Waals surface area contributed by atoms with Crippen LogP contribution in [0.5, 0.6) is 0 Å². The van der Waals surface area contributed by atoms with E-state index in [0.717, 1.165) is 26.9 Å². The lowest BCUT2D eigenvalue weighted by Gasteiger charge is -2.15. The van der Waals surface area contributed by atoms with Crippen LogP contribution in [0.1, 0.15) is 18.7 Å². The van der Waals surface area contributed by atoms with E-state index in [2.05, 4.69) is 43.1 Å². The predicted molar refractivity (Wildman–Crippen MR) is 83.5 cm³/mol. The van der Waals surface area contributed by atoms with E-state index in [4.69, 9.17) is 0 Å². The molecule has 0 amide bonds. The highest BCUT2D eigenvalue weighted by atomic mass is 79.9. The van der Waals surface area contributed by atoms with Crippen molar-refractivity contribution in [3.63, 3.8) is 0 Å². The van der Waals surface area contributed by atoms with Crippen LogP contribution in [0.15, 0.2) is 53.4 Å². The number of aromatic nitrogens is 3. The zero-order valence-electron chi connectivity index (χ0n) is 10.9. The molecule has 0 aromatic carbocycles. The van der Waals surface area contributed by atoms with Crippen LogP contribution in [0.25, 0.3) is 11.0 Å². The van der Waals surface area contributed by atoms with Gasteiger partial charge in [-0.3, -0.25) is 15.0 Å². The topological polar surface area (TPSA) is 50.7 Å². The zero-order chi connectivity index (χ0) is 13.9. The number of fused-ring (bicyclic) bond motifs is 1. The first-order valence-electron chi connectivity index (χ1n) is 6.32. The van der Waals surface area contributed by atoms with Gasteiger partial charge in [0.25, 0.3) is 0 Å². The molecule has 0 saturated carbocycles. The van der Waals surface area contributed by atoms with Crippen LogP contribution in [-0.2, 0) is 0 Å². The van der Waals surface area contributed by atoms with Crippen LogP contribution in [0, 0.1) is 0 Å². The fourth-order valence-electron chi connectivity index (χ4n) is 2.06. The van der Waals surface area contributed by atoms with Crippen LogP contribution in [0.4, 0.5) is 5.69 Å². The van der Waals surface area contributed by atoms with Gasteiger partial charge in [-0.15, -0.1) is 0 Å². The lowest BCUT2D eigenvalue weighted by atomic mass is 10.2. The second kappa shape index (κ2) is 5.54. The lowest BCUT2D eigenvalue weighted by molar-refractivity contribution is 0.840. The van der Waals surface area contributed by atoms with Gasteiger partial charge in [0.1, 0.15) is 5.52 Å². The van der Waals surface area contributed by atoms with Crippen LogP contribution in [0.2, 0.25) is 0 Å². The summed E-state index contributed by atoms with van der Waals surface area (Å²) < 4.78 is 0.924. The second-order valence-electron chi connectivity index (χ2n) is 4.50. The third-order valence-corrected chi connectivity index (χ3v) is 3.48. The van der Waals surface area contributed by atoms with Gasteiger partial charge in [-0.2, -0.15) is 0 Å². The summed E-state index contributed by atoms with van der Waals surface area (Å²) >= 11 is 3.41. The molecular formula is C15H13BrN4. The summed E-state index contributed by atoms with van der Waals surface area (Å²) in [5, 5.41) is 3.44. The number of anilines is 1. The first kappa shape index (κ1) is 13.0. The average molecular weight is 329 g/mol. The first-order chi connectivity index (χ1) is 9.74. The molecule has 0 bridgehead atoms. The molecule has 3 heterocycles. The monoisotopic (exact) mass is 328 g/mol. The molecule has 0 spiro atoms. The maximum absolute atomic E-state index is 4.44. The van der Waals surface area contributed by atoms with Gasteiger partial charge in [-0.1, -0.05) is 6.07 Å². The second-order valence-corrected chi connectivity index (χ2v) is 5.42. The van der Waals surface area contributed by atoms with E-state index in [1.807, 2.05) is 30.3 Å². The van der Waals surface area contributed by atoms with Crippen molar-refractivity contribution in [1.82, 2.24) is 15.0 Å². The van der Waals surface area contributed by atoms with Gasteiger partial charge in [0.2, 0.25) is 0 Å². The van der Waals surface area contributed by atoms with Crippen molar-refractivity contribution < 1.29 is 0 Å². The van der Waals surface area contributed by atoms with E-state index in [9.17, 15) is 0 Å². The highest BCUT2D eigenvalue weighted by molar-refractivity contribution is 9.10. The van der Waals surface area contributed by atoms with Crippen molar-refractivity contribution >= 4 is 32.7 Å². The fourth-order valence-corrected chi connectivity index (χ4v) is 2.38. The largest absolute Gasteiger partial charge is 0.375 e. The van der Waals surface area contributed by atoms with Crippen LogP contribution < -0.4 is 5.32 Å². The third-order valence-electron chi connectivity index (χ3n) is 3.05. The number of halogens is 1. The Morgan fingerprint density at radius 1 is 1.10 bits per heavy atom. The summed E-state index contributed by atoms with van der Waals surface area (Å²) in [4.78, 5) is 13.1. The molecule has 0 saturated heterocycles. The van der Waals surface area contributed by atoms with Crippen LogP contribution >= 0.6 is 15.9 Å². The molecule has 0 aliphatic heterocycles. The minimum absolute atomic E-state index is 0.104. The van der Waals surface area contributed by atoms with Crippen molar-refractivity contribution in [1.29, 1.82) is 0 Å². The summed E-state index contributed by atoms with van der Waals surface area (Å²) in [6.45, 7) is 2.08. The molecule has 0 fully saturated rings. The normalized spacial score (nSPS) is 12.3. The van der Waals surface area contributed by atoms with E-state index in [0.29, 0.717) is 0 Å². The van der Waals surface area contributed by atoms with Crippen molar-refractivity contribution in [3.05, 3.63) is 59.1 Å². The van der Waals surface area contributed by atoms with Gasteiger partial charge in [0, 0.05) is 23.1 Å². The number of hydrogen-bond acceptors (Lipinski definition) is 4. The Morgan fingerprint density at radius 2 is 2.00 bits per heavy atom. The minimum atomic E-state index is 0.104. The number of nitrogens with zero attached hydrogens (tertiary/aromatic N) is 3. The molecule has 3 aromatic rings. The number of pyridine rings is 3. The SMILES string of the molecule is CC(Nc1ccnc2cc(Br)cnc12)c1ccccn1. The predicted octanol–water partition coefficient (Wildman–Crippen LogP) is 3.96. The Hall–Kier alpha value is -2.01. The summed E-state index contributed by atoms with van der Waals surface area (Å²) in [5.41, 5.74) is 3.67. The minimum Gasteiger partial charge on any atom is -0.375 e. The number of nitrogens with one attached hydrogen (secondary N) is 1. The average Bonchev–Trinajstić information content (AvgIpc) is 2.48. The molecule has 1 unspecified atom stereocenters. The van der Waals surface area contributed by atoms with Gasteiger partial charge in [0.05, 0.1) is 22.9 Å². The lowest BCUT2D eigenvalue weighted by Crippen LogP contribution is -2.09. The molecule has 5 heteroatoms. The molecule has 0 radical (unpaired) electrons. The molecule has 3 aromatic heterocycles. The quantitative estimate of drug-likeness (QED) is 0.790. The van der Waals surface area contributed by atoms with Crippen molar-refractivity contribution in [2.24, 2.45) is 0 Å². The number of hydrogen-bond donors (Lipinski definition) is 1. The van der Waals surface area contributed by atoms with Gasteiger partial charge in [0.15, 0.2) is 0 Å². The first-order valence-corrected chi connectivity index (χ1v) is 7.11. The molecular weight excluding hydrogens is 316 g/mol. The summed E-state index contributed by atoms with van der Waals surface area (Å²) in [6, 6.07) is 9.90. The Morgan fingerprint density at radius 3 is 2.80 bits per heavy atom. The maximum atomic E-state index is 4.44. The Kier molecular flexibility index (Phi) is 3.60. The molecule has 100 valence electrons. The fraction of sp³-hybridized carbons (Fsp3) is 0.133. The molecule has 0 aliphatic rings. The van der Waals surface area contributed by atoms with E-state index in [-0.39, 0.29) is 6.04 Å². The molecule has 4 nitrogen and oxygen atoms in total. The van der Waals surface area contributed by atoms with Crippen LogP contribution in [-0.4, -0.2) is 15.0 Å². The van der Waals surface area contributed by atoms with Crippen molar-refractivity contribution in [2.75, 3.05) is 5.32 Å². The highest BCUT2D eigenvalue weighted by Gasteiger charge is 2.09. The summed E-state index contributed by atoms with van der Waals surface area (Å²) in [5.74, 6) is 0. The van der Waals surface area contributed by atoms with E-state index in [1.165, 1.54) is 0 Å². The zero-order valence-corrected chi connectivity index (χ0v) is 12.5. The Balaban J connectivity index is 1.95. The van der Waals surface area contributed by atoms with Gasteiger partial charge in [-0.05, 0) is 47.1 Å². The molecule has 3 rings (SSSR count). The molecule has 20 heavy (non-hydrogen) atoms. The van der Waals surface area contributed by atoms with Gasteiger partial charge < -0.3 is 5.32 Å². The van der Waals surface area contributed by atoms with E-state index >= 15 is 0 Å². The van der Waals surface area contributed by atoms with Crippen molar-refractivity contribution in [3.8, 4) is 0 Å². The Bertz CT molecular complexity index is 730.